The lowest BCUT2D eigenvalue weighted by molar-refractivity contribution is -0.169. The minimum atomic E-state index is -1.20. The minimum absolute atomic E-state index is 0.0908. The molecule has 2 N–H and O–H groups in total. The molecule has 0 radical (unpaired) electrons. The summed E-state index contributed by atoms with van der Waals surface area (Å²) in [6, 6.07) is 7.62. The molecule has 1 aromatic carbocycles. The second-order valence-electron chi connectivity index (χ2n) is 5.84. The van der Waals surface area contributed by atoms with Gasteiger partial charge in [-0.2, -0.15) is 0 Å². The van der Waals surface area contributed by atoms with Gasteiger partial charge in [-0.05, 0) is 18.9 Å². The molecule has 0 saturated carbocycles. The van der Waals surface area contributed by atoms with Crippen molar-refractivity contribution in [1.82, 2.24) is 9.96 Å². The van der Waals surface area contributed by atoms with E-state index in [0.29, 0.717) is 17.0 Å². The van der Waals surface area contributed by atoms with Gasteiger partial charge in [0.15, 0.2) is 0 Å². The zero-order valence-corrected chi connectivity index (χ0v) is 15.7. The highest BCUT2D eigenvalue weighted by atomic mass is 16.8. The Kier molecular flexibility index (Phi) is 8.77. The van der Waals surface area contributed by atoms with Crippen LogP contribution in [0.1, 0.15) is 32.3 Å². The summed E-state index contributed by atoms with van der Waals surface area (Å²) in [5, 5.41) is 17.5. The number of aliphatic carboxylic acids is 1. The second-order valence-corrected chi connectivity index (χ2v) is 5.84. The van der Waals surface area contributed by atoms with Gasteiger partial charge in [0.05, 0.1) is 13.0 Å². The summed E-state index contributed by atoms with van der Waals surface area (Å²) in [4.78, 5) is 41.6. The molecule has 0 heterocycles. The number of guanidine groups is 1. The van der Waals surface area contributed by atoms with Crippen molar-refractivity contribution >= 4 is 24.0 Å². The molecule has 27 heavy (non-hydrogen) atoms. The number of unbranched alkanes of at least 4 members (excludes halogenated alkanes) is 1. The lowest BCUT2D eigenvalue weighted by Crippen LogP contribution is -2.51. The monoisotopic (exact) mass is 379 g/mol. The first-order valence-corrected chi connectivity index (χ1v) is 8.53. The van der Waals surface area contributed by atoms with Crippen LogP contribution in [-0.2, 0) is 25.6 Å². The standard InChI is InChI=1S/C18H25N3O6/c1-4-5-11-26-18(25)21(17(19)20(3)13(2)16(23)24)27-15(22)12-14-9-7-6-8-10-14/h6-10,13,19H,4-5,11-12H2,1-3H3,(H,23,24). The highest BCUT2D eigenvalue weighted by Crippen LogP contribution is 2.08. The number of carbonyl (C=O) groups is 3. The Morgan fingerprint density at radius 3 is 2.41 bits per heavy atom. The maximum Gasteiger partial charge on any atom is 0.451 e. The first-order chi connectivity index (χ1) is 12.8. The fourth-order valence-corrected chi connectivity index (χ4v) is 1.92. The summed E-state index contributed by atoms with van der Waals surface area (Å²) in [6.45, 7) is 3.34. The van der Waals surface area contributed by atoms with Crippen molar-refractivity contribution in [2.45, 2.75) is 39.2 Å². The van der Waals surface area contributed by atoms with Crippen molar-refractivity contribution in [1.29, 1.82) is 5.41 Å². The van der Waals surface area contributed by atoms with Crippen LogP contribution in [0.5, 0.6) is 0 Å². The molecule has 0 aromatic heterocycles. The van der Waals surface area contributed by atoms with Gasteiger partial charge >= 0.3 is 18.0 Å². The molecule has 1 atom stereocenters. The minimum Gasteiger partial charge on any atom is -0.480 e. The number of hydrogen-bond acceptors (Lipinski definition) is 6. The lowest BCUT2D eigenvalue weighted by atomic mass is 10.2. The van der Waals surface area contributed by atoms with Crippen molar-refractivity contribution in [3.05, 3.63) is 35.9 Å². The molecule has 0 aliphatic rings. The average molecular weight is 379 g/mol. The van der Waals surface area contributed by atoms with Crippen molar-refractivity contribution in [2.75, 3.05) is 13.7 Å². The maximum absolute atomic E-state index is 12.3. The van der Waals surface area contributed by atoms with E-state index in [9.17, 15) is 14.4 Å². The molecule has 0 aliphatic heterocycles. The number of carboxylic acids is 1. The van der Waals surface area contributed by atoms with Crippen molar-refractivity contribution < 1.29 is 29.1 Å². The van der Waals surface area contributed by atoms with Gasteiger partial charge < -0.3 is 19.6 Å². The second kappa shape index (κ2) is 10.8. The molecule has 0 fully saturated rings. The highest BCUT2D eigenvalue weighted by molar-refractivity contribution is 5.94. The number of carboxylic acid groups (broad SMARTS) is 1. The van der Waals surface area contributed by atoms with Crippen molar-refractivity contribution in [2.24, 2.45) is 0 Å². The average Bonchev–Trinajstić information content (AvgIpc) is 2.65. The number of nitrogens with zero attached hydrogens (tertiary/aromatic N) is 2. The zero-order valence-electron chi connectivity index (χ0n) is 15.7. The number of rotatable bonds is 7. The molecule has 0 bridgehead atoms. The summed E-state index contributed by atoms with van der Waals surface area (Å²) >= 11 is 0. The van der Waals surface area contributed by atoms with E-state index in [0.717, 1.165) is 11.3 Å². The molecule has 0 aliphatic carbocycles. The van der Waals surface area contributed by atoms with Gasteiger partial charge in [0.1, 0.15) is 6.04 Å². The topological polar surface area (TPSA) is 120 Å². The van der Waals surface area contributed by atoms with Gasteiger partial charge in [-0.1, -0.05) is 48.7 Å². The Bertz CT molecular complexity index is 664. The number of hydroxylamine groups is 2. The third-order valence-electron chi connectivity index (χ3n) is 3.74. The predicted molar refractivity (Wildman–Crippen MR) is 96.9 cm³/mol. The Morgan fingerprint density at radius 1 is 1.22 bits per heavy atom. The number of benzene rings is 1. The first kappa shape index (κ1) is 21.9. The normalized spacial score (nSPS) is 11.2. The summed E-state index contributed by atoms with van der Waals surface area (Å²) in [7, 11) is 1.30. The number of likely N-dealkylation sites (N-methyl/N-ethyl adjacent to an activating group) is 1. The Balaban J connectivity index is 2.89. The number of carbonyl (C=O) groups excluding carboxylic acids is 2. The van der Waals surface area contributed by atoms with Gasteiger partial charge in [-0.3, -0.25) is 5.41 Å². The molecule has 9 nitrogen and oxygen atoms in total. The fraction of sp³-hybridized carbons (Fsp3) is 0.444. The van der Waals surface area contributed by atoms with E-state index in [-0.39, 0.29) is 13.0 Å². The largest absolute Gasteiger partial charge is 0.480 e. The van der Waals surface area contributed by atoms with E-state index >= 15 is 0 Å². The van der Waals surface area contributed by atoms with Crippen LogP contribution in [0.4, 0.5) is 4.79 Å². The summed E-state index contributed by atoms with van der Waals surface area (Å²) in [6.07, 6.45) is 0.213. The third kappa shape index (κ3) is 6.96. The van der Waals surface area contributed by atoms with Gasteiger partial charge in [0.25, 0.3) is 0 Å². The molecule has 1 aromatic rings. The zero-order chi connectivity index (χ0) is 20.4. The first-order valence-electron chi connectivity index (χ1n) is 8.53. The van der Waals surface area contributed by atoms with E-state index in [4.69, 9.17) is 20.1 Å². The van der Waals surface area contributed by atoms with Gasteiger partial charge in [0.2, 0.25) is 5.96 Å². The van der Waals surface area contributed by atoms with E-state index in [1.807, 2.05) is 6.92 Å². The lowest BCUT2D eigenvalue weighted by Gasteiger charge is -2.29. The third-order valence-corrected chi connectivity index (χ3v) is 3.74. The van der Waals surface area contributed by atoms with Crippen LogP contribution in [0, 0.1) is 5.41 Å². The smallest absolute Gasteiger partial charge is 0.451 e. The maximum atomic E-state index is 12.3. The molecule has 1 rings (SSSR count). The summed E-state index contributed by atoms with van der Waals surface area (Å²) < 4.78 is 5.00. The van der Waals surface area contributed by atoms with Crippen molar-refractivity contribution in [3.63, 3.8) is 0 Å². The highest BCUT2D eigenvalue weighted by Gasteiger charge is 2.31. The Labute approximate surface area is 157 Å². The molecular formula is C18H25N3O6. The molecule has 0 spiro atoms. The van der Waals surface area contributed by atoms with Crippen LogP contribution in [0.2, 0.25) is 0 Å². The summed E-state index contributed by atoms with van der Waals surface area (Å²) in [5.74, 6) is -2.60. The number of ether oxygens (including phenoxy) is 1. The van der Waals surface area contributed by atoms with Gasteiger partial charge in [0, 0.05) is 7.05 Å². The Hall–Kier alpha value is -3.10. The van der Waals surface area contributed by atoms with Gasteiger partial charge in [-0.15, -0.1) is 0 Å². The molecule has 0 saturated heterocycles. The van der Waals surface area contributed by atoms with Crippen LogP contribution in [0.15, 0.2) is 30.3 Å². The number of nitrogens with one attached hydrogen (secondary N) is 1. The Morgan fingerprint density at radius 2 is 1.85 bits per heavy atom. The SMILES string of the molecule is CCCCOC(=O)N(OC(=O)Cc1ccccc1)C(=N)N(C)C(C)C(=O)O. The fourth-order valence-electron chi connectivity index (χ4n) is 1.92. The van der Waals surface area contributed by atoms with Crippen LogP contribution in [-0.4, -0.2) is 58.8 Å². The molecule has 148 valence electrons. The van der Waals surface area contributed by atoms with E-state index in [1.54, 1.807) is 30.3 Å². The predicted octanol–water partition coefficient (Wildman–Crippen LogP) is 2.27. The van der Waals surface area contributed by atoms with Crippen LogP contribution in [0.25, 0.3) is 0 Å². The van der Waals surface area contributed by atoms with Crippen LogP contribution >= 0.6 is 0 Å². The van der Waals surface area contributed by atoms with E-state index in [1.165, 1.54) is 14.0 Å². The van der Waals surface area contributed by atoms with Crippen LogP contribution in [0.3, 0.4) is 0 Å². The van der Waals surface area contributed by atoms with E-state index in [2.05, 4.69) is 0 Å². The molecule has 9 heteroatoms. The van der Waals surface area contributed by atoms with E-state index < -0.39 is 30.0 Å². The summed E-state index contributed by atoms with van der Waals surface area (Å²) in [5.41, 5.74) is 0.667. The number of hydrogen-bond donors (Lipinski definition) is 2. The number of amides is 1. The van der Waals surface area contributed by atoms with Gasteiger partial charge in [-0.25, -0.2) is 14.4 Å². The quantitative estimate of drug-likeness (QED) is 0.323. The molecule has 1 amide bonds. The van der Waals surface area contributed by atoms with Crippen LogP contribution < -0.4 is 0 Å². The van der Waals surface area contributed by atoms with Crippen molar-refractivity contribution in [3.8, 4) is 0 Å². The molecular weight excluding hydrogens is 354 g/mol. The molecule has 1 unspecified atom stereocenters.